The highest BCUT2D eigenvalue weighted by atomic mass is 16.5. The monoisotopic (exact) mass is 255 g/mol. The van der Waals surface area contributed by atoms with Gasteiger partial charge in [-0.05, 0) is 25.3 Å². The fourth-order valence-corrected chi connectivity index (χ4v) is 2.99. The van der Waals surface area contributed by atoms with Gasteiger partial charge in [0.05, 0.1) is 6.61 Å². The fraction of sp³-hybridized carbons (Fsp3) is 0.923. The van der Waals surface area contributed by atoms with Crippen molar-refractivity contribution < 1.29 is 9.53 Å². The summed E-state index contributed by atoms with van der Waals surface area (Å²) in [6.45, 7) is 5.45. The number of carbonyl (C=O) groups excluding carboxylic acids is 1. The molecule has 1 amide bonds. The average molecular weight is 255 g/mol. The van der Waals surface area contributed by atoms with Crippen molar-refractivity contribution in [2.24, 2.45) is 11.7 Å². The summed E-state index contributed by atoms with van der Waals surface area (Å²) in [5.41, 5.74) is 5.66. The molecule has 2 saturated heterocycles. The lowest BCUT2D eigenvalue weighted by Gasteiger charge is -2.36. The standard InChI is InChI=1S/C13H25N3O2/c1-18-7-6-15-4-2-12(3-5-15)16-10-11(9-14)8-13(16)17/h11-12H,2-10,14H2,1H3. The van der Waals surface area contributed by atoms with Gasteiger partial charge in [0, 0.05) is 45.8 Å². The van der Waals surface area contributed by atoms with Crippen molar-refractivity contribution in [3.8, 4) is 0 Å². The average Bonchev–Trinajstić information content (AvgIpc) is 2.78. The van der Waals surface area contributed by atoms with Crippen LogP contribution in [0.15, 0.2) is 0 Å². The second-order valence-electron chi connectivity index (χ2n) is 5.42. The fourth-order valence-electron chi connectivity index (χ4n) is 2.99. The van der Waals surface area contributed by atoms with Crippen LogP contribution in [0.5, 0.6) is 0 Å². The van der Waals surface area contributed by atoms with E-state index < -0.39 is 0 Å². The number of piperidine rings is 1. The molecule has 0 aromatic rings. The molecule has 2 aliphatic heterocycles. The Hall–Kier alpha value is -0.650. The Morgan fingerprint density at radius 2 is 2.11 bits per heavy atom. The van der Waals surface area contributed by atoms with Gasteiger partial charge in [-0.1, -0.05) is 0 Å². The van der Waals surface area contributed by atoms with Crippen LogP contribution in [0.3, 0.4) is 0 Å². The maximum absolute atomic E-state index is 11.9. The molecule has 1 atom stereocenters. The molecular formula is C13H25N3O2. The molecule has 104 valence electrons. The van der Waals surface area contributed by atoms with Gasteiger partial charge < -0.3 is 20.3 Å². The van der Waals surface area contributed by atoms with Gasteiger partial charge in [0.1, 0.15) is 0 Å². The predicted octanol–water partition coefficient (Wildman–Crippen LogP) is -0.0956. The van der Waals surface area contributed by atoms with Crippen molar-refractivity contribution in [1.82, 2.24) is 9.80 Å². The molecule has 18 heavy (non-hydrogen) atoms. The zero-order chi connectivity index (χ0) is 13.0. The van der Waals surface area contributed by atoms with Gasteiger partial charge in [-0.15, -0.1) is 0 Å². The predicted molar refractivity (Wildman–Crippen MR) is 70.2 cm³/mol. The lowest BCUT2D eigenvalue weighted by molar-refractivity contribution is -0.130. The quantitative estimate of drug-likeness (QED) is 0.745. The molecule has 2 aliphatic rings. The lowest BCUT2D eigenvalue weighted by atomic mass is 10.0. The summed E-state index contributed by atoms with van der Waals surface area (Å²) >= 11 is 0. The van der Waals surface area contributed by atoms with Crippen molar-refractivity contribution in [3.05, 3.63) is 0 Å². The van der Waals surface area contributed by atoms with E-state index in [1.54, 1.807) is 7.11 Å². The van der Waals surface area contributed by atoms with Crippen molar-refractivity contribution in [2.75, 3.05) is 46.4 Å². The Labute approximate surface area is 109 Å². The second kappa shape index (κ2) is 6.50. The Morgan fingerprint density at radius 3 is 2.67 bits per heavy atom. The molecule has 2 heterocycles. The first-order valence-corrected chi connectivity index (χ1v) is 6.95. The zero-order valence-corrected chi connectivity index (χ0v) is 11.3. The molecule has 0 aliphatic carbocycles. The topological polar surface area (TPSA) is 58.8 Å². The summed E-state index contributed by atoms with van der Waals surface area (Å²) < 4.78 is 5.10. The molecule has 0 bridgehead atoms. The summed E-state index contributed by atoms with van der Waals surface area (Å²) in [5, 5.41) is 0. The van der Waals surface area contributed by atoms with Crippen LogP contribution < -0.4 is 5.73 Å². The van der Waals surface area contributed by atoms with Crippen LogP contribution in [-0.2, 0) is 9.53 Å². The number of methoxy groups -OCH3 is 1. The molecule has 0 aromatic heterocycles. The van der Waals surface area contributed by atoms with Gasteiger partial charge in [-0.2, -0.15) is 0 Å². The van der Waals surface area contributed by atoms with E-state index in [4.69, 9.17) is 10.5 Å². The Balaban J connectivity index is 1.77. The van der Waals surface area contributed by atoms with E-state index in [0.717, 1.165) is 45.6 Å². The van der Waals surface area contributed by atoms with Crippen LogP contribution in [0.2, 0.25) is 0 Å². The molecule has 2 N–H and O–H groups in total. The zero-order valence-electron chi connectivity index (χ0n) is 11.3. The van der Waals surface area contributed by atoms with Gasteiger partial charge in [0.2, 0.25) is 5.91 Å². The summed E-state index contributed by atoms with van der Waals surface area (Å²) in [5.74, 6) is 0.685. The minimum Gasteiger partial charge on any atom is -0.383 e. The maximum Gasteiger partial charge on any atom is 0.223 e. The summed E-state index contributed by atoms with van der Waals surface area (Å²) in [4.78, 5) is 16.4. The normalized spacial score (nSPS) is 27.1. The Bertz CT molecular complexity index is 277. The highest BCUT2D eigenvalue weighted by molar-refractivity contribution is 5.79. The second-order valence-corrected chi connectivity index (χ2v) is 5.42. The number of hydrogen-bond acceptors (Lipinski definition) is 4. The smallest absolute Gasteiger partial charge is 0.223 e. The number of rotatable bonds is 5. The van der Waals surface area contributed by atoms with Crippen LogP contribution >= 0.6 is 0 Å². The van der Waals surface area contributed by atoms with E-state index >= 15 is 0 Å². The minimum absolute atomic E-state index is 0.306. The maximum atomic E-state index is 11.9. The number of hydrogen-bond donors (Lipinski definition) is 1. The largest absolute Gasteiger partial charge is 0.383 e. The lowest BCUT2D eigenvalue weighted by Crippen LogP contribution is -2.46. The van der Waals surface area contributed by atoms with Crippen LogP contribution in [0.4, 0.5) is 0 Å². The number of nitrogens with zero attached hydrogens (tertiary/aromatic N) is 2. The number of ether oxygens (including phenoxy) is 1. The Morgan fingerprint density at radius 1 is 1.39 bits per heavy atom. The number of carbonyl (C=O) groups is 1. The van der Waals surface area contributed by atoms with Crippen LogP contribution in [-0.4, -0.2) is 68.2 Å². The van der Waals surface area contributed by atoms with E-state index in [2.05, 4.69) is 9.80 Å². The summed E-state index contributed by atoms with van der Waals surface area (Å²) in [6.07, 6.45) is 2.83. The molecule has 5 heteroatoms. The van der Waals surface area contributed by atoms with E-state index in [9.17, 15) is 4.79 Å². The van der Waals surface area contributed by atoms with Gasteiger partial charge in [0.15, 0.2) is 0 Å². The molecule has 0 aromatic carbocycles. The van der Waals surface area contributed by atoms with E-state index in [1.165, 1.54) is 0 Å². The van der Waals surface area contributed by atoms with Gasteiger partial charge >= 0.3 is 0 Å². The molecule has 0 saturated carbocycles. The molecular weight excluding hydrogens is 230 g/mol. The van der Waals surface area contributed by atoms with Crippen molar-refractivity contribution in [2.45, 2.75) is 25.3 Å². The van der Waals surface area contributed by atoms with Crippen LogP contribution in [0.1, 0.15) is 19.3 Å². The van der Waals surface area contributed by atoms with Gasteiger partial charge in [-0.25, -0.2) is 0 Å². The molecule has 1 unspecified atom stereocenters. The Kier molecular flexibility index (Phi) is 4.97. The first-order chi connectivity index (χ1) is 8.74. The van der Waals surface area contributed by atoms with Gasteiger partial charge in [-0.3, -0.25) is 4.79 Å². The van der Waals surface area contributed by atoms with Crippen molar-refractivity contribution in [1.29, 1.82) is 0 Å². The molecule has 2 fully saturated rings. The van der Waals surface area contributed by atoms with Crippen LogP contribution in [0, 0.1) is 5.92 Å². The summed E-state index contributed by atoms with van der Waals surface area (Å²) in [6, 6.07) is 0.438. The van der Waals surface area contributed by atoms with Crippen molar-refractivity contribution in [3.63, 3.8) is 0 Å². The first kappa shape index (κ1) is 13.8. The van der Waals surface area contributed by atoms with E-state index in [0.29, 0.717) is 30.8 Å². The number of nitrogens with two attached hydrogens (primary N) is 1. The minimum atomic E-state index is 0.306. The van der Waals surface area contributed by atoms with E-state index in [1.807, 2.05) is 0 Å². The van der Waals surface area contributed by atoms with Crippen LogP contribution in [0.25, 0.3) is 0 Å². The van der Waals surface area contributed by atoms with Crippen molar-refractivity contribution >= 4 is 5.91 Å². The third kappa shape index (κ3) is 3.22. The third-order valence-corrected chi connectivity index (χ3v) is 4.18. The highest BCUT2D eigenvalue weighted by Gasteiger charge is 2.34. The highest BCUT2D eigenvalue weighted by Crippen LogP contribution is 2.24. The molecule has 0 spiro atoms. The third-order valence-electron chi connectivity index (χ3n) is 4.18. The van der Waals surface area contributed by atoms with E-state index in [-0.39, 0.29) is 0 Å². The summed E-state index contributed by atoms with van der Waals surface area (Å²) in [7, 11) is 1.74. The van der Waals surface area contributed by atoms with Gasteiger partial charge in [0.25, 0.3) is 0 Å². The number of likely N-dealkylation sites (tertiary alicyclic amines) is 2. The SMILES string of the molecule is COCCN1CCC(N2CC(CN)CC2=O)CC1. The first-order valence-electron chi connectivity index (χ1n) is 6.95. The molecule has 0 radical (unpaired) electrons. The molecule has 2 rings (SSSR count). The number of amides is 1. The molecule has 5 nitrogen and oxygen atoms in total.